The van der Waals surface area contributed by atoms with Gasteiger partial charge >= 0.3 is 5.97 Å². The number of aliphatic hydroxyl groups excluding tert-OH is 1. The highest BCUT2D eigenvalue weighted by atomic mass is 16.4. The van der Waals surface area contributed by atoms with E-state index in [1.165, 1.54) is 0 Å². The van der Waals surface area contributed by atoms with Crippen molar-refractivity contribution in [2.75, 3.05) is 13.1 Å². The number of nitrogens with two attached hydrogens (primary N) is 1. The molecule has 0 saturated heterocycles. The smallest absolute Gasteiger partial charge is 0.334 e. The predicted molar refractivity (Wildman–Crippen MR) is 49.5 cm³/mol. The summed E-state index contributed by atoms with van der Waals surface area (Å²) in [5.74, 6) is -1.91. The van der Waals surface area contributed by atoms with E-state index in [0.717, 1.165) is 0 Å². The lowest BCUT2D eigenvalue weighted by Crippen LogP contribution is -2.39. The van der Waals surface area contributed by atoms with Gasteiger partial charge in [-0.05, 0) is 13.0 Å². The Labute approximate surface area is 82.1 Å². The highest BCUT2D eigenvalue weighted by molar-refractivity contribution is 5.79. The fourth-order valence-electron chi connectivity index (χ4n) is 0.840. The van der Waals surface area contributed by atoms with E-state index < -0.39 is 12.1 Å². The molecule has 14 heavy (non-hydrogen) atoms. The molecule has 0 bridgehead atoms. The third-order valence-electron chi connectivity index (χ3n) is 1.80. The van der Waals surface area contributed by atoms with E-state index in [4.69, 9.17) is 15.9 Å². The number of carboxylic acids is 1. The van der Waals surface area contributed by atoms with Crippen LogP contribution in [0.15, 0.2) is 0 Å². The first-order valence-electron chi connectivity index (χ1n) is 4.37. The van der Waals surface area contributed by atoms with E-state index >= 15 is 0 Å². The molecular formula is C8H16N2O4. The number of hydrogen-bond acceptors (Lipinski definition) is 4. The Morgan fingerprint density at radius 1 is 1.50 bits per heavy atom. The highest BCUT2D eigenvalue weighted by Gasteiger charge is 2.16. The topological polar surface area (TPSA) is 113 Å². The average Bonchev–Trinajstić information content (AvgIpc) is 2.13. The van der Waals surface area contributed by atoms with Crippen molar-refractivity contribution in [3.8, 4) is 0 Å². The van der Waals surface area contributed by atoms with Gasteiger partial charge in [0.1, 0.15) is 0 Å². The summed E-state index contributed by atoms with van der Waals surface area (Å²) in [6, 6.07) is 0. The van der Waals surface area contributed by atoms with Gasteiger partial charge in [0.05, 0.1) is 6.54 Å². The molecule has 0 rings (SSSR count). The summed E-state index contributed by atoms with van der Waals surface area (Å²) in [4.78, 5) is 21.4. The number of aliphatic hydroxyl groups is 1. The molecule has 0 aliphatic carbocycles. The van der Waals surface area contributed by atoms with Crippen molar-refractivity contribution in [1.29, 1.82) is 0 Å². The normalized spacial score (nSPS) is 14.5. The molecule has 5 N–H and O–H groups in total. The molecule has 0 aromatic heterocycles. The molecule has 6 nitrogen and oxygen atoms in total. The van der Waals surface area contributed by atoms with Crippen LogP contribution in [0.3, 0.4) is 0 Å². The van der Waals surface area contributed by atoms with Crippen molar-refractivity contribution in [3.05, 3.63) is 0 Å². The Balaban J connectivity index is 3.78. The van der Waals surface area contributed by atoms with Gasteiger partial charge in [-0.3, -0.25) is 4.79 Å². The lowest BCUT2D eigenvalue weighted by atomic mass is 10.1. The number of amides is 1. The van der Waals surface area contributed by atoms with Gasteiger partial charge in [0.25, 0.3) is 0 Å². The third kappa shape index (κ3) is 4.78. The minimum atomic E-state index is -1.55. The highest BCUT2D eigenvalue weighted by Crippen LogP contribution is 1.99. The molecule has 0 aliphatic heterocycles. The van der Waals surface area contributed by atoms with Gasteiger partial charge < -0.3 is 21.3 Å². The van der Waals surface area contributed by atoms with E-state index in [9.17, 15) is 9.59 Å². The van der Waals surface area contributed by atoms with Crippen LogP contribution in [0.1, 0.15) is 13.3 Å². The number of carboxylic acid groups (broad SMARTS) is 1. The van der Waals surface area contributed by atoms with Gasteiger partial charge in [0.2, 0.25) is 5.91 Å². The Kier molecular flexibility index (Phi) is 5.82. The molecule has 0 aromatic rings. The van der Waals surface area contributed by atoms with Crippen LogP contribution in [0.2, 0.25) is 0 Å². The number of aliphatic carboxylic acids is 1. The molecule has 1 amide bonds. The summed E-state index contributed by atoms with van der Waals surface area (Å²) in [5, 5.41) is 19.5. The van der Waals surface area contributed by atoms with Crippen LogP contribution in [0.25, 0.3) is 0 Å². The first kappa shape index (κ1) is 12.9. The summed E-state index contributed by atoms with van der Waals surface area (Å²) in [5.41, 5.74) is 5.25. The van der Waals surface area contributed by atoms with Crippen molar-refractivity contribution in [3.63, 3.8) is 0 Å². The SMILES string of the molecule is CC(CCN)C(=O)NC[C@H](O)C(=O)O. The molecule has 0 saturated carbocycles. The van der Waals surface area contributed by atoms with Crippen LogP contribution in [0, 0.1) is 5.92 Å². The van der Waals surface area contributed by atoms with Crippen molar-refractivity contribution in [1.82, 2.24) is 5.32 Å². The Morgan fingerprint density at radius 2 is 2.07 bits per heavy atom. The maximum Gasteiger partial charge on any atom is 0.334 e. The second-order valence-corrected chi connectivity index (χ2v) is 3.08. The van der Waals surface area contributed by atoms with E-state index in [1.807, 2.05) is 0 Å². The fourth-order valence-corrected chi connectivity index (χ4v) is 0.840. The quantitative estimate of drug-likeness (QED) is 0.422. The number of nitrogens with one attached hydrogen (secondary N) is 1. The summed E-state index contributed by atoms with van der Waals surface area (Å²) in [7, 11) is 0. The van der Waals surface area contributed by atoms with Gasteiger partial charge in [-0.15, -0.1) is 0 Å². The fraction of sp³-hybridized carbons (Fsp3) is 0.750. The van der Waals surface area contributed by atoms with Gasteiger partial charge in [-0.1, -0.05) is 6.92 Å². The molecule has 0 aliphatic rings. The number of carbonyl (C=O) groups excluding carboxylic acids is 1. The molecule has 1 unspecified atom stereocenters. The average molecular weight is 204 g/mol. The Hall–Kier alpha value is -1.14. The van der Waals surface area contributed by atoms with E-state index in [2.05, 4.69) is 5.32 Å². The van der Waals surface area contributed by atoms with Gasteiger partial charge in [0, 0.05) is 5.92 Å². The Bertz CT molecular complexity index is 208. The molecule has 0 radical (unpaired) electrons. The second-order valence-electron chi connectivity index (χ2n) is 3.08. The largest absolute Gasteiger partial charge is 0.479 e. The standard InChI is InChI=1S/C8H16N2O4/c1-5(2-3-9)7(12)10-4-6(11)8(13)14/h5-6,11H,2-4,9H2,1H3,(H,10,12)(H,13,14)/t5?,6-/m0/s1. The molecule has 0 aromatic carbocycles. The monoisotopic (exact) mass is 204 g/mol. The lowest BCUT2D eigenvalue weighted by Gasteiger charge is -2.12. The maximum atomic E-state index is 11.2. The summed E-state index contributed by atoms with van der Waals surface area (Å²) < 4.78 is 0. The molecular weight excluding hydrogens is 188 g/mol. The van der Waals surface area contributed by atoms with Crippen molar-refractivity contribution in [2.24, 2.45) is 11.7 Å². The zero-order valence-electron chi connectivity index (χ0n) is 8.06. The zero-order valence-corrected chi connectivity index (χ0v) is 8.06. The summed E-state index contributed by atoms with van der Waals surface area (Å²) in [6.07, 6.45) is -1.02. The lowest BCUT2D eigenvalue weighted by molar-refractivity contribution is -0.146. The van der Waals surface area contributed by atoms with Gasteiger partial charge in [-0.2, -0.15) is 0 Å². The molecule has 0 fully saturated rings. The summed E-state index contributed by atoms with van der Waals surface area (Å²) >= 11 is 0. The third-order valence-corrected chi connectivity index (χ3v) is 1.80. The van der Waals surface area contributed by atoms with E-state index in [-0.39, 0.29) is 18.4 Å². The minimum Gasteiger partial charge on any atom is -0.479 e. The number of hydrogen-bond donors (Lipinski definition) is 4. The minimum absolute atomic E-state index is 0.263. The van der Waals surface area contributed by atoms with E-state index in [0.29, 0.717) is 13.0 Å². The predicted octanol–water partition coefficient (Wildman–Crippen LogP) is -1.47. The molecule has 0 spiro atoms. The molecule has 0 heterocycles. The van der Waals surface area contributed by atoms with Gasteiger partial charge in [-0.25, -0.2) is 4.79 Å². The first-order valence-corrected chi connectivity index (χ1v) is 4.37. The Morgan fingerprint density at radius 3 is 2.50 bits per heavy atom. The van der Waals surface area contributed by atoms with Crippen LogP contribution in [-0.2, 0) is 9.59 Å². The summed E-state index contributed by atoms with van der Waals surface area (Å²) in [6.45, 7) is 1.81. The first-order chi connectivity index (χ1) is 6.49. The van der Waals surface area contributed by atoms with Crippen LogP contribution >= 0.6 is 0 Å². The van der Waals surface area contributed by atoms with Gasteiger partial charge in [0.15, 0.2) is 6.10 Å². The molecule has 6 heteroatoms. The molecule has 82 valence electrons. The maximum absolute atomic E-state index is 11.2. The number of carbonyl (C=O) groups is 2. The second kappa shape index (κ2) is 6.33. The van der Waals surface area contributed by atoms with Crippen LogP contribution in [-0.4, -0.2) is 41.3 Å². The van der Waals surface area contributed by atoms with Crippen LogP contribution in [0.4, 0.5) is 0 Å². The van der Waals surface area contributed by atoms with Crippen molar-refractivity contribution >= 4 is 11.9 Å². The number of rotatable bonds is 6. The van der Waals surface area contributed by atoms with Crippen molar-refractivity contribution in [2.45, 2.75) is 19.4 Å². The van der Waals surface area contributed by atoms with Crippen LogP contribution < -0.4 is 11.1 Å². The molecule has 2 atom stereocenters. The van der Waals surface area contributed by atoms with E-state index in [1.54, 1.807) is 6.92 Å². The van der Waals surface area contributed by atoms with Crippen molar-refractivity contribution < 1.29 is 19.8 Å². The zero-order chi connectivity index (χ0) is 11.1. The van der Waals surface area contributed by atoms with Crippen LogP contribution in [0.5, 0.6) is 0 Å².